The summed E-state index contributed by atoms with van der Waals surface area (Å²) < 4.78 is 5.16. The van der Waals surface area contributed by atoms with Crippen LogP contribution < -0.4 is 5.73 Å². The third-order valence-electron chi connectivity index (χ3n) is 3.23. The molecule has 2 aromatic rings. The van der Waals surface area contributed by atoms with E-state index in [0.717, 1.165) is 29.7 Å². The van der Waals surface area contributed by atoms with E-state index < -0.39 is 0 Å². The molecule has 0 aliphatic carbocycles. The van der Waals surface area contributed by atoms with Gasteiger partial charge in [-0.2, -0.15) is 0 Å². The molecule has 0 fully saturated rings. The Bertz CT molecular complexity index is 532. The van der Waals surface area contributed by atoms with Crippen LogP contribution in [-0.2, 0) is 0 Å². The highest BCUT2D eigenvalue weighted by atomic mass is 35.5. The first-order valence-electron chi connectivity index (χ1n) is 6.18. The number of nitrogens with zero attached hydrogens (tertiary/aromatic N) is 1. The summed E-state index contributed by atoms with van der Waals surface area (Å²) in [6.45, 7) is 4.28. The minimum absolute atomic E-state index is 0.360. The van der Waals surface area contributed by atoms with Crippen LogP contribution >= 0.6 is 11.6 Å². The van der Waals surface area contributed by atoms with Crippen molar-refractivity contribution in [2.24, 2.45) is 0 Å². The molecule has 18 heavy (non-hydrogen) atoms. The number of hydrogen-bond donors (Lipinski definition) is 1. The molecule has 0 saturated heterocycles. The summed E-state index contributed by atoms with van der Waals surface area (Å²) in [5.74, 6) is 0.721. The lowest BCUT2D eigenvalue weighted by molar-refractivity contribution is 0.416. The van der Waals surface area contributed by atoms with Gasteiger partial charge in [-0.3, -0.25) is 0 Å². The first-order chi connectivity index (χ1) is 8.67. The maximum atomic E-state index is 6.02. The highest BCUT2D eigenvalue weighted by molar-refractivity contribution is 6.30. The fourth-order valence-corrected chi connectivity index (χ4v) is 2.39. The minimum atomic E-state index is 0.360. The third-order valence-corrected chi connectivity index (χ3v) is 3.47. The van der Waals surface area contributed by atoms with E-state index in [-0.39, 0.29) is 0 Å². The van der Waals surface area contributed by atoms with Gasteiger partial charge in [0.05, 0.1) is 11.3 Å². The molecule has 0 saturated carbocycles. The van der Waals surface area contributed by atoms with Crippen LogP contribution in [0.1, 0.15) is 38.3 Å². The van der Waals surface area contributed by atoms with Crippen molar-refractivity contribution in [2.45, 2.75) is 32.6 Å². The molecule has 1 aromatic carbocycles. The van der Waals surface area contributed by atoms with Gasteiger partial charge in [0.25, 0.3) is 0 Å². The summed E-state index contributed by atoms with van der Waals surface area (Å²) in [5.41, 5.74) is 8.67. The molecule has 1 aromatic heterocycles. The number of anilines is 1. The Morgan fingerprint density at radius 1 is 1.33 bits per heavy atom. The number of nitrogen functional groups attached to an aromatic ring is 1. The van der Waals surface area contributed by atoms with Crippen LogP contribution in [0, 0.1) is 0 Å². The van der Waals surface area contributed by atoms with Gasteiger partial charge in [-0.05, 0) is 30.5 Å². The van der Waals surface area contributed by atoms with E-state index >= 15 is 0 Å². The molecule has 1 heterocycles. The van der Waals surface area contributed by atoms with E-state index in [2.05, 4.69) is 19.0 Å². The maximum Gasteiger partial charge on any atom is 0.230 e. The van der Waals surface area contributed by atoms with Gasteiger partial charge in [-0.25, -0.2) is 0 Å². The lowest BCUT2D eigenvalue weighted by atomic mass is 9.93. The van der Waals surface area contributed by atoms with Gasteiger partial charge in [0.1, 0.15) is 0 Å². The van der Waals surface area contributed by atoms with Gasteiger partial charge >= 0.3 is 0 Å². The SMILES string of the molecule is CCC(CC)c1noc(N)c1-c1cccc(Cl)c1. The summed E-state index contributed by atoms with van der Waals surface area (Å²) in [6.07, 6.45) is 2.02. The van der Waals surface area contributed by atoms with Gasteiger partial charge in [0.15, 0.2) is 0 Å². The molecular weight excluding hydrogens is 248 g/mol. The van der Waals surface area contributed by atoms with Crippen molar-refractivity contribution >= 4 is 17.5 Å². The topological polar surface area (TPSA) is 52.0 Å². The van der Waals surface area contributed by atoms with Crippen molar-refractivity contribution in [1.29, 1.82) is 0 Å². The van der Waals surface area contributed by atoms with Crippen molar-refractivity contribution in [2.75, 3.05) is 5.73 Å². The molecule has 4 heteroatoms. The van der Waals surface area contributed by atoms with Crippen LogP contribution in [0.4, 0.5) is 5.88 Å². The molecule has 0 unspecified atom stereocenters. The fraction of sp³-hybridized carbons (Fsp3) is 0.357. The summed E-state index contributed by atoms with van der Waals surface area (Å²) in [6, 6.07) is 7.60. The predicted octanol–water partition coefficient (Wildman–Crippen LogP) is 4.48. The highest BCUT2D eigenvalue weighted by Crippen LogP contribution is 2.37. The predicted molar refractivity (Wildman–Crippen MR) is 74.7 cm³/mol. The second kappa shape index (κ2) is 5.44. The number of nitrogens with two attached hydrogens (primary N) is 1. The van der Waals surface area contributed by atoms with Crippen molar-refractivity contribution < 1.29 is 4.52 Å². The molecule has 2 N–H and O–H groups in total. The Hall–Kier alpha value is -1.48. The van der Waals surface area contributed by atoms with Crippen LogP contribution in [0.5, 0.6) is 0 Å². The van der Waals surface area contributed by atoms with Crippen molar-refractivity contribution in [1.82, 2.24) is 5.16 Å². The van der Waals surface area contributed by atoms with Gasteiger partial charge in [-0.1, -0.05) is 42.7 Å². The molecule has 0 radical (unpaired) electrons. The van der Waals surface area contributed by atoms with Crippen LogP contribution in [0.25, 0.3) is 11.1 Å². The molecule has 0 spiro atoms. The number of rotatable bonds is 4. The standard InChI is InChI=1S/C14H17ClN2O/c1-3-9(4-2)13-12(14(16)18-17-13)10-6-5-7-11(15)8-10/h5-9H,3-4,16H2,1-2H3. The van der Waals surface area contributed by atoms with E-state index in [0.29, 0.717) is 16.8 Å². The summed E-state index contributed by atoms with van der Waals surface area (Å²) in [5, 5.41) is 4.80. The van der Waals surface area contributed by atoms with E-state index in [4.69, 9.17) is 21.9 Å². The van der Waals surface area contributed by atoms with E-state index in [1.54, 1.807) is 0 Å². The molecule has 96 valence electrons. The first kappa shape index (κ1) is 13.0. The zero-order valence-electron chi connectivity index (χ0n) is 10.6. The van der Waals surface area contributed by atoms with Gasteiger partial charge < -0.3 is 10.3 Å². The van der Waals surface area contributed by atoms with Gasteiger partial charge in [0.2, 0.25) is 5.88 Å². The number of aromatic nitrogens is 1. The van der Waals surface area contributed by atoms with Crippen molar-refractivity contribution in [3.05, 3.63) is 35.0 Å². The molecule has 0 aliphatic rings. The molecule has 2 rings (SSSR count). The van der Waals surface area contributed by atoms with Gasteiger partial charge in [-0.15, -0.1) is 0 Å². The fourth-order valence-electron chi connectivity index (χ4n) is 2.20. The van der Waals surface area contributed by atoms with Crippen LogP contribution in [0.2, 0.25) is 5.02 Å². The average Bonchev–Trinajstić information content (AvgIpc) is 2.73. The summed E-state index contributed by atoms with van der Waals surface area (Å²) in [4.78, 5) is 0. The molecule has 0 bridgehead atoms. The van der Waals surface area contributed by atoms with E-state index in [9.17, 15) is 0 Å². The van der Waals surface area contributed by atoms with E-state index in [1.165, 1.54) is 0 Å². The summed E-state index contributed by atoms with van der Waals surface area (Å²) in [7, 11) is 0. The number of halogens is 1. The Morgan fingerprint density at radius 2 is 2.06 bits per heavy atom. The molecular formula is C14H17ClN2O. The van der Waals surface area contributed by atoms with Crippen molar-refractivity contribution in [3.63, 3.8) is 0 Å². The summed E-state index contributed by atoms with van der Waals surface area (Å²) >= 11 is 6.02. The number of hydrogen-bond acceptors (Lipinski definition) is 3. The zero-order valence-corrected chi connectivity index (χ0v) is 11.4. The molecule has 0 atom stereocenters. The monoisotopic (exact) mass is 264 g/mol. The lowest BCUT2D eigenvalue weighted by Crippen LogP contribution is -1.98. The van der Waals surface area contributed by atoms with Crippen LogP contribution in [0.3, 0.4) is 0 Å². The second-order valence-corrected chi connectivity index (χ2v) is 4.77. The van der Waals surface area contributed by atoms with Crippen molar-refractivity contribution in [3.8, 4) is 11.1 Å². The zero-order chi connectivity index (χ0) is 13.1. The highest BCUT2D eigenvalue weighted by Gasteiger charge is 2.21. The Kier molecular flexibility index (Phi) is 3.92. The third kappa shape index (κ3) is 2.36. The first-order valence-corrected chi connectivity index (χ1v) is 6.56. The normalized spacial score (nSPS) is 11.1. The van der Waals surface area contributed by atoms with Crippen LogP contribution in [0.15, 0.2) is 28.8 Å². The average molecular weight is 265 g/mol. The lowest BCUT2D eigenvalue weighted by Gasteiger charge is -2.11. The maximum absolute atomic E-state index is 6.02. The van der Waals surface area contributed by atoms with E-state index in [1.807, 2.05) is 24.3 Å². The Morgan fingerprint density at radius 3 is 2.67 bits per heavy atom. The molecule has 0 amide bonds. The second-order valence-electron chi connectivity index (χ2n) is 4.33. The minimum Gasteiger partial charge on any atom is -0.367 e. The Balaban J connectivity index is 2.53. The number of benzene rings is 1. The van der Waals surface area contributed by atoms with Crippen LogP contribution in [-0.4, -0.2) is 5.16 Å². The molecule has 3 nitrogen and oxygen atoms in total. The molecule has 0 aliphatic heterocycles. The Labute approximate surface area is 112 Å². The quantitative estimate of drug-likeness (QED) is 0.886. The smallest absolute Gasteiger partial charge is 0.230 e. The van der Waals surface area contributed by atoms with Gasteiger partial charge in [0, 0.05) is 10.9 Å². The largest absolute Gasteiger partial charge is 0.367 e.